The van der Waals surface area contributed by atoms with Crippen molar-refractivity contribution in [2.45, 2.75) is 32.9 Å². The molecule has 116 valence electrons. The normalized spacial score (nSPS) is 18.6. The van der Waals surface area contributed by atoms with Gasteiger partial charge in [0.2, 0.25) is 0 Å². The van der Waals surface area contributed by atoms with Crippen LogP contribution in [0.2, 0.25) is 0 Å². The third kappa shape index (κ3) is 3.49. The first-order valence-corrected chi connectivity index (χ1v) is 6.86. The minimum absolute atomic E-state index is 0.0652. The molecule has 1 aromatic carbocycles. The molecule has 0 spiro atoms. The summed E-state index contributed by atoms with van der Waals surface area (Å²) in [5, 5.41) is 0. The van der Waals surface area contributed by atoms with Gasteiger partial charge in [0.25, 0.3) is 5.91 Å². The number of piperidine rings is 1. The number of hydrogen-bond donors (Lipinski definition) is 1. The molecule has 1 aromatic rings. The third-order valence-corrected chi connectivity index (χ3v) is 4.02. The van der Waals surface area contributed by atoms with E-state index in [1.165, 1.54) is 0 Å². The summed E-state index contributed by atoms with van der Waals surface area (Å²) in [5.74, 6) is -0.422. The van der Waals surface area contributed by atoms with Crippen molar-refractivity contribution in [1.82, 2.24) is 4.90 Å². The van der Waals surface area contributed by atoms with Gasteiger partial charge in [0.1, 0.15) is 0 Å². The summed E-state index contributed by atoms with van der Waals surface area (Å²) >= 11 is 0. The molecular weight excluding hydrogens is 281 g/mol. The minimum Gasteiger partial charge on any atom is -0.398 e. The predicted octanol–water partition coefficient (Wildman–Crippen LogP) is 3.55. The second-order valence-electron chi connectivity index (χ2n) is 6.26. The van der Waals surface area contributed by atoms with E-state index in [1.807, 2.05) is 0 Å². The van der Waals surface area contributed by atoms with Gasteiger partial charge in [-0.05, 0) is 36.5 Å². The van der Waals surface area contributed by atoms with Gasteiger partial charge in [0, 0.05) is 18.8 Å². The van der Waals surface area contributed by atoms with Crippen LogP contribution in [-0.2, 0) is 6.18 Å². The first-order valence-electron chi connectivity index (χ1n) is 6.86. The summed E-state index contributed by atoms with van der Waals surface area (Å²) < 4.78 is 38.2. The monoisotopic (exact) mass is 300 g/mol. The van der Waals surface area contributed by atoms with Crippen molar-refractivity contribution in [3.05, 3.63) is 29.3 Å². The number of likely N-dealkylation sites (tertiary alicyclic amines) is 1. The molecule has 2 rings (SSSR count). The lowest BCUT2D eigenvalue weighted by Gasteiger charge is -2.37. The Labute approximate surface area is 121 Å². The molecule has 21 heavy (non-hydrogen) atoms. The molecule has 3 nitrogen and oxygen atoms in total. The van der Waals surface area contributed by atoms with Crippen LogP contribution in [0.25, 0.3) is 0 Å². The molecule has 0 aliphatic carbocycles. The topological polar surface area (TPSA) is 46.3 Å². The molecule has 0 aromatic heterocycles. The van der Waals surface area contributed by atoms with E-state index in [1.54, 1.807) is 4.90 Å². The summed E-state index contributed by atoms with van der Waals surface area (Å²) in [6, 6.07) is 2.88. The van der Waals surface area contributed by atoms with Crippen molar-refractivity contribution >= 4 is 11.6 Å². The second-order valence-corrected chi connectivity index (χ2v) is 6.26. The number of rotatable bonds is 1. The molecule has 1 fully saturated rings. The number of carbonyl (C=O) groups is 1. The first kappa shape index (κ1) is 15.7. The highest BCUT2D eigenvalue weighted by Crippen LogP contribution is 2.33. The Balaban J connectivity index is 2.23. The highest BCUT2D eigenvalue weighted by atomic mass is 19.4. The molecule has 0 bridgehead atoms. The maximum Gasteiger partial charge on any atom is 0.416 e. The van der Waals surface area contributed by atoms with E-state index in [4.69, 9.17) is 5.73 Å². The number of halogens is 3. The summed E-state index contributed by atoms with van der Waals surface area (Å²) in [4.78, 5) is 14.0. The zero-order chi connectivity index (χ0) is 15.8. The van der Waals surface area contributed by atoms with E-state index >= 15 is 0 Å². The number of alkyl halides is 3. The molecule has 0 unspecified atom stereocenters. The zero-order valence-electron chi connectivity index (χ0n) is 12.1. The van der Waals surface area contributed by atoms with Crippen LogP contribution in [0.1, 0.15) is 42.6 Å². The average Bonchev–Trinajstić information content (AvgIpc) is 2.37. The lowest BCUT2D eigenvalue weighted by atomic mass is 9.82. The van der Waals surface area contributed by atoms with Crippen LogP contribution < -0.4 is 5.73 Å². The fourth-order valence-corrected chi connectivity index (χ4v) is 2.40. The third-order valence-electron chi connectivity index (χ3n) is 4.02. The zero-order valence-corrected chi connectivity index (χ0v) is 12.1. The fourth-order valence-electron chi connectivity index (χ4n) is 2.40. The van der Waals surface area contributed by atoms with E-state index in [0.29, 0.717) is 13.1 Å². The number of nitrogens with zero attached hydrogens (tertiary/aromatic N) is 1. The minimum atomic E-state index is -4.48. The first-order chi connectivity index (χ1) is 9.60. The van der Waals surface area contributed by atoms with Crippen molar-refractivity contribution < 1.29 is 18.0 Å². The van der Waals surface area contributed by atoms with E-state index in [0.717, 1.165) is 31.0 Å². The van der Waals surface area contributed by atoms with Crippen molar-refractivity contribution in [2.75, 3.05) is 18.8 Å². The number of anilines is 1. The highest BCUT2D eigenvalue weighted by molar-refractivity contribution is 5.99. The molecule has 0 saturated carbocycles. The molecular formula is C15H19F3N2O. The van der Waals surface area contributed by atoms with Gasteiger partial charge in [-0.15, -0.1) is 0 Å². The number of carbonyl (C=O) groups excluding carboxylic acids is 1. The van der Waals surface area contributed by atoms with Gasteiger partial charge in [0.05, 0.1) is 11.1 Å². The Morgan fingerprint density at radius 2 is 1.81 bits per heavy atom. The van der Waals surface area contributed by atoms with Crippen LogP contribution in [0.15, 0.2) is 18.2 Å². The summed E-state index contributed by atoms with van der Waals surface area (Å²) in [6.45, 7) is 5.32. The molecule has 0 atom stereocenters. The summed E-state index contributed by atoms with van der Waals surface area (Å²) in [7, 11) is 0. The Bertz CT molecular complexity index is 542. The largest absolute Gasteiger partial charge is 0.416 e. The van der Waals surface area contributed by atoms with Gasteiger partial charge in [-0.1, -0.05) is 13.8 Å². The smallest absolute Gasteiger partial charge is 0.398 e. The van der Waals surface area contributed by atoms with Gasteiger partial charge in [-0.3, -0.25) is 4.79 Å². The molecule has 1 amide bonds. The second kappa shape index (κ2) is 5.24. The molecule has 6 heteroatoms. The Morgan fingerprint density at radius 3 is 2.33 bits per heavy atom. The van der Waals surface area contributed by atoms with Crippen LogP contribution in [0.4, 0.5) is 18.9 Å². The van der Waals surface area contributed by atoms with Crippen LogP contribution in [-0.4, -0.2) is 23.9 Å². The Morgan fingerprint density at radius 1 is 1.24 bits per heavy atom. The van der Waals surface area contributed by atoms with Crippen molar-refractivity contribution in [1.29, 1.82) is 0 Å². The maximum absolute atomic E-state index is 12.7. The number of nitrogens with two attached hydrogens (primary N) is 1. The fraction of sp³-hybridized carbons (Fsp3) is 0.533. The van der Waals surface area contributed by atoms with Crippen LogP contribution >= 0.6 is 0 Å². The standard InChI is InChI=1S/C15H19F3N2O/c1-14(2)5-7-20(8-6-14)13(21)11-9-10(15(16,17)18)3-4-12(11)19/h3-4,9H,5-8,19H2,1-2H3. The molecule has 1 saturated heterocycles. The van der Waals surface area contributed by atoms with E-state index < -0.39 is 17.6 Å². The highest BCUT2D eigenvalue weighted by Gasteiger charge is 2.33. The molecule has 2 N–H and O–H groups in total. The van der Waals surface area contributed by atoms with Gasteiger partial charge in [-0.2, -0.15) is 13.2 Å². The lowest BCUT2D eigenvalue weighted by molar-refractivity contribution is -0.137. The molecule has 0 radical (unpaired) electrons. The van der Waals surface area contributed by atoms with Crippen LogP contribution in [0, 0.1) is 5.41 Å². The van der Waals surface area contributed by atoms with Crippen LogP contribution in [0.3, 0.4) is 0 Å². The number of benzene rings is 1. The van der Waals surface area contributed by atoms with Gasteiger partial charge in [0.15, 0.2) is 0 Å². The van der Waals surface area contributed by atoms with Crippen molar-refractivity contribution in [3.63, 3.8) is 0 Å². The number of nitrogen functional groups attached to an aromatic ring is 1. The van der Waals surface area contributed by atoms with Gasteiger partial charge >= 0.3 is 6.18 Å². The van der Waals surface area contributed by atoms with Crippen molar-refractivity contribution in [2.24, 2.45) is 5.41 Å². The predicted molar refractivity (Wildman–Crippen MR) is 74.8 cm³/mol. The Kier molecular flexibility index (Phi) is 3.91. The summed E-state index contributed by atoms with van der Waals surface area (Å²) in [6.07, 6.45) is -2.82. The van der Waals surface area contributed by atoms with E-state index in [-0.39, 0.29) is 16.7 Å². The SMILES string of the molecule is CC1(C)CCN(C(=O)c2cc(C(F)(F)F)ccc2N)CC1. The molecule has 1 aliphatic rings. The summed E-state index contributed by atoms with van der Waals surface area (Å²) in [5.41, 5.74) is 5.01. The molecule has 1 aliphatic heterocycles. The van der Waals surface area contributed by atoms with E-state index in [2.05, 4.69) is 13.8 Å². The van der Waals surface area contributed by atoms with Gasteiger partial charge in [-0.25, -0.2) is 0 Å². The van der Waals surface area contributed by atoms with Gasteiger partial charge < -0.3 is 10.6 Å². The Hall–Kier alpha value is -1.72. The quantitative estimate of drug-likeness (QED) is 0.806. The maximum atomic E-state index is 12.7. The lowest BCUT2D eigenvalue weighted by Crippen LogP contribution is -2.41. The average molecular weight is 300 g/mol. The number of amides is 1. The van der Waals surface area contributed by atoms with Crippen LogP contribution in [0.5, 0.6) is 0 Å². The van der Waals surface area contributed by atoms with E-state index in [9.17, 15) is 18.0 Å². The van der Waals surface area contributed by atoms with Crippen molar-refractivity contribution in [3.8, 4) is 0 Å². The molecule has 1 heterocycles. The number of hydrogen-bond acceptors (Lipinski definition) is 2.